The van der Waals surface area contributed by atoms with E-state index in [1.807, 2.05) is 0 Å². The molecular weight excluding hydrogens is 518 g/mol. The van der Waals surface area contributed by atoms with Gasteiger partial charge >= 0.3 is 18.6 Å². The molecule has 7 nitrogen and oxygen atoms in total. The van der Waals surface area contributed by atoms with Gasteiger partial charge in [-0.25, -0.2) is 14.5 Å². The predicted molar refractivity (Wildman–Crippen MR) is 123 cm³/mol. The highest BCUT2D eigenvalue weighted by Gasteiger charge is 2.35. The van der Waals surface area contributed by atoms with Crippen molar-refractivity contribution in [1.82, 2.24) is 14.8 Å². The molecule has 1 aromatic heterocycles. The molecule has 0 saturated heterocycles. The molecule has 198 valence electrons. The van der Waals surface area contributed by atoms with E-state index in [1.165, 1.54) is 60.4 Å². The van der Waals surface area contributed by atoms with Gasteiger partial charge in [0.05, 0.1) is 11.3 Å². The number of halogens is 6. The van der Waals surface area contributed by atoms with Gasteiger partial charge in [0.2, 0.25) is 0 Å². The lowest BCUT2D eigenvalue weighted by Crippen LogP contribution is -2.18. The number of carbonyl (C=O) groups is 1. The molecule has 1 unspecified atom stereocenters. The van der Waals surface area contributed by atoms with Crippen LogP contribution in [0.3, 0.4) is 0 Å². The van der Waals surface area contributed by atoms with Crippen molar-refractivity contribution >= 4 is 11.8 Å². The van der Waals surface area contributed by atoms with E-state index in [1.54, 1.807) is 12.1 Å². The van der Waals surface area contributed by atoms with Gasteiger partial charge in [-0.2, -0.15) is 13.2 Å². The van der Waals surface area contributed by atoms with Crippen molar-refractivity contribution in [2.24, 2.45) is 0 Å². The average molecular weight is 536 g/mol. The number of hydrogen-bond donors (Lipinski definition) is 1. The largest absolute Gasteiger partial charge is 0.573 e. The normalized spacial score (nSPS) is 12.6. The Hall–Kier alpha value is -4.55. The maximum absolute atomic E-state index is 13.2. The standard InChI is InChI=1S/C25H18F6N4O3/c1-15(20-4-2-3-5-21(20)24(26,27)28)37-23(36)33-17-8-6-16(7-9-17)22-32-14-35(34-22)18-10-12-19(13-11-18)38-25(29,30)31/h2-15H,1H3,(H,33,36). The second kappa shape index (κ2) is 10.4. The first-order valence-corrected chi connectivity index (χ1v) is 10.9. The lowest BCUT2D eigenvalue weighted by molar-refractivity contribution is -0.274. The number of ether oxygens (including phenoxy) is 2. The first-order chi connectivity index (χ1) is 17.9. The summed E-state index contributed by atoms with van der Waals surface area (Å²) in [5.74, 6) is -0.0747. The van der Waals surface area contributed by atoms with Gasteiger partial charge in [-0.05, 0) is 61.5 Å². The molecule has 1 heterocycles. The van der Waals surface area contributed by atoms with Crippen LogP contribution in [0.25, 0.3) is 17.1 Å². The van der Waals surface area contributed by atoms with E-state index in [0.29, 0.717) is 22.8 Å². The number of hydrogen-bond acceptors (Lipinski definition) is 5. The lowest BCUT2D eigenvalue weighted by atomic mass is 10.0. The summed E-state index contributed by atoms with van der Waals surface area (Å²) in [6.07, 6.45) is -10.1. The fourth-order valence-electron chi connectivity index (χ4n) is 3.50. The molecule has 4 rings (SSSR count). The van der Waals surface area contributed by atoms with Crippen molar-refractivity contribution < 1.29 is 40.6 Å². The molecule has 1 amide bonds. The summed E-state index contributed by atoms with van der Waals surface area (Å²) in [5, 5.41) is 6.74. The van der Waals surface area contributed by atoms with Gasteiger partial charge in [-0.1, -0.05) is 18.2 Å². The third-order valence-electron chi connectivity index (χ3n) is 5.20. The molecule has 1 atom stereocenters. The Morgan fingerprint density at radius 1 is 0.921 bits per heavy atom. The van der Waals surface area contributed by atoms with E-state index in [-0.39, 0.29) is 11.3 Å². The minimum absolute atomic E-state index is 0.172. The van der Waals surface area contributed by atoms with Crippen molar-refractivity contribution in [3.8, 4) is 22.8 Å². The van der Waals surface area contributed by atoms with Gasteiger partial charge in [0.1, 0.15) is 18.2 Å². The van der Waals surface area contributed by atoms with Gasteiger partial charge in [-0.3, -0.25) is 5.32 Å². The van der Waals surface area contributed by atoms with Gasteiger partial charge in [0.15, 0.2) is 5.82 Å². The Kier molecular flexibility index (Phi) is 7.28. The number of amides is 1. The van der Waals surface area contributed by atoms with Crippen molar-refractivity contribution in [2.45, 2.75) is 25.6 Å². The van der Waals surface area contributed by atoms with Crippen LogP contribution in [0.4, 0.5) is 36.8 Å². The molecule has 38 heavy (non-hydrogen) atoms. The molecule has 0 radical (unpaired) electrons. The summed E-state index contributed by atoms with van der Waals surface area (Å²) >= 11 is 0. The molecule has 0 aliphatic rings. The van der Waals surface area contributed by atoms with E-state index >= 15 is 0 Å². The summed E-state index contributed by atoms with van der Waals surface area (Å²) in [6.45, 7) is 1.34. The van der Waals surface area contributed by atoms with Gasteiger partial charge in [0.25, 0.3) is 0 Å². The maximum atomic E-state index is 13.2. The predicted octanol–water partition coefficient (Wildman–Crippen LogP) is 7.16. The second-order valence-corrected chi connectivity index (χ2v) is 7.89. The van der Waals surface area contributed by atoms with Gasteiger partial charge in [0, 0.05) is 16.8 Å². The third-order valence-corrected chi connectivity index (χ3v) is 5.20. The second-order valence-electron chi connectivity index (χ2n) is 7.89. The third kappa shape index (κ3) is 6.60. The summed E-state index contributed by atoms with van der Waals surface area (Å²) in [7, 11) is 0. The Labute approximate surface area is 211 Å². The summed E-state index contributed by atoms with van der Waals surface area (Å²) < 4.78 is 87.0. The minimum atomic E-state index is -4.80. The molecule has 0 aliphatic carbocycles. The zero-order chi connectivity index (χ0) is 27.5. The summed E-state index contributed by atoms with van der Waals surface area (Å²) in [4.78, 5) is 16.4. The molecular formula is C25H18F6N4O3. The van der Waals surface area contributed by atoms with Gasteiger partial charge < -0.3 is 9.47 Å². The van der Waals surface area contributed by atoms with E-state index in [9.17, 15) is 31.1 Å². The highest BCUT2D eigenvalue weighted by molar-refractivity contribution is 5.85. The topological polar surface area (TPSA) is 78.3 Å². The van der Waals surface area contributed by atoms with Gasteiger partial charge in [-0.15, -0.1) is 18.3 Å². The van der Waals surface area contributed by atoms with Crippen LogP contribution in [0.1, 0.15) is 24.2 Å². The zero-order valence-corrected chi connectivity index (χ0v) is 19.4. The van der Waals surface area contributed by atoms with E-state index in [2.05, 4.69) is 20.1 Å². The number of nitrogens with one attached hydrogen (secondary N) is 1. The van der Waals surface area contributed by atoms with Crippen molar-refractivity contribution in [3.63, 3.8) is 0 Å². The summed E-state index contributed by atoms with van der Waals surface area (Å²) in [5.41, 5.74) is 0.263. The number of anilines is 1. The highest BCUT2D eigenvalue weighted by Crippen LogP contribution is 2.35. The quantitative estimate of drug-likeness (QED) is 0.265. The monoisotopic (exact) mass is 536 g/mol. The van der Waals surface area contributed by atoms with Crippen LogP contribution in [0.2, 0.25) is 0 Å². The van der Waals surface area contributed by atoms with Crippen molar-refractivity contribution in [3.05, 3.63) is 90.3 Å². The Morgan fingerprint density at radius 3 is 2.21 bits per heavy atom. The number of alkyl halides is 6. The van der Waals surface area contributed by atoms with Crippen LogP contribution in [-0.4, -0.2) is 27.2 Å². The minimum Gasteiger partial charge on any atom is -0.441 e. The molecule has 3 aromatic carbocycles. The van der Waals surface area contributed by atoms with Crippen molar-refractivity contribution in [2.75, 3.05) is 5.32 Å². The smallest absolute Gasteiger partial charge is 0.441 e. The van der Waals surface area contributed by atoms with E-state index < -0.39 is 30.3 Å². The Morgan fingerprint density at radius 2 is 1.58 bits per heavy atom. The Bertz CT molecular complexity index is 1400. The first kappa shape index (κ1) is 26.5. The molecule has 13 heteroatoms. The lowest BCUT2D eigenvalue weighted by Gasteiger charge is -2.19. The number of benzene rings is 3. The van der Waals surface area contributed by atoms with Crippen LogP contribution in [-0.2, 0) is 10.9 Å². The number of rotatable bonds is 6. The molecule has 0 bridgehead atoms. The van der Waals surface area contributed by atoms with Crippen LogP contribution in [0.15, 0.2) is 79.1 Å². The fraction of sp³-hybridized carbons (Fsp3) is 0.160. The number of nitrogens with zero attached hydrogens (tertiary/aromatic N) is 3. The van der Waals surface area contributed by atoms with E-state index in [4.69, 9.17) is 4.74 Å². The molecule has 0 saturated carbocycles. The SMILES string of the molecule is CC(OC(=O)Nc1ccc(-c2ncn(-c3ccc(OC(F)(F)F)cc3)n2)cc1)c1ccccc1C(F)(F)F. The van der Waals surface area contributed by atoms with Crippen molar-refractivity contribution in [1.29, 1.82) is 0 Å². The molecule has 1 N–H and O–H groups in total. The Balaban J connectivity index is 1.38. The molecule has 0 fully saturated rings. The number of carbonyl (C=O) groups excluding carboxylic acids is 1. The highest BCUT2D eigenvalue weighted by atomic mass is 19.4. The fourth-order valence-corrected chi connectivity index (χ4v) is 3.50. The number of aromatic nitrogens is 3. The summed E-state index contributed by atoms with van der Waals surface area (Å²) in [6, 6.07) is 16.1. The molecule has 0 spiro atoms. The molecule has 0 aliphatic heterocycles. The van der Waals surface area contributed by atoms with Crippen LogP contribution in [0.5, 0.6) is 5.75 Å². The average Bonchev–Trinajstić information content (AvgIpc) is 3.34. The zero-order valence-electron chi connectivity index (χ0n) is 19.4. The van der Waals surface area contributed by atoms with Crippen LogP contribution >= 0.6 is 0 Å². The first-order valence-electron chi connectivity index (χ1n) is 10.9. The van der Waals surface area contributed by atoms with Crippen LogP contribution < -0.4 is 10.1 Å². The van der Waals surface area contributed by atoms with E-state index in [0.717, 1.165) is 18.2 Å². The van der Waals surface area contributed by atoms with Crippen LogP contribution in [0, 0.1) is 0 Å². The maximum Gasteiger partial charge on any atom is 0.573 e. The molecule has 4 aromatic rings.